The maximum absolute atomic E-state index is 12.7. The van der Waals surface area contributed by atoms with E-state index in [2.05, 4.69) is 0 Å². The minimum absolute atomic E-state index is 0.00750. The van der Waals surface area contributed by atoms with E-state index in [1.54, 1.807) is 19.1 Å². The van der Waals surface area contributed by atoms with E-state index in [-0.39, 0.29) is 23.1 Å². The van der Waals surface area contributed by atoms with Crippen LogP contribution in [-0.2, 0) is 14.8 Å². The van der Waals surface area contributed by atoms with Gasteiger partial charge in [0.2, 0.25) is 10.0 Å². The van der Waals surface area contributed by atoms with Gasteiger partial charge in [-0.15, -0.1) is 0 Å². The third-order valence-electron chi connectivity index (χ3n) is 2.82. The standard InChI is InChI=1S/C14H21NO5S/c1-10(2)8-15(9-14(16)17)21(18,19)13-7-11(3)5-6-12(13)20-4/h5-7,10H,8-9H2,1-4H3,(H,16,17). The molecule has 0 bridgehead atoms. The Hall–Kier alpha value is -1.60. The summed E-state index contributed by atoms with van der Waals surface area (Å²) in [6.45, 7) is 4.99. The molecule has 0 spiro atoms. The molecule has 0 amide bonds. The van der Waals surface area contributed by atoms with Crippen molar-refractivity contribution in [3.05, 3.63) is 23.8 Å². The summed E-state index contributed by atoms with van der Waals surface area (Å²) in [4.78, 5) is 10.9. The minimum atomic E-state index is -3.93. The van der Waals surface area contributed by atoms with Crippen molar-refractivity contribution in [2.45, 2.75) is 25.7 Å². The Morgan fingerprint density at radius 1 is 1.38 bits per heavy atom. The van der Waals surface area contributed by atoms with Crippen molar-refractivity contribution in [3.8, 4) is 5.75 Å². The molecule has 7 heteroatoms. The number of carboxylic acids is 1. The van der Waals surface area contributed by atoms with Gasteiger partial charge in [-0.2, -0.15) is 4.31 Å². The predicted molar refractivity (Wildman–Crippen MR) is 79.0 cm³/mol. The highest BCUT2D eigenvalue weighted by Crippen LogP contribution is 2.28. The van der Waals surface area contributed by atoms with Crippen molar-refractivity contribution >= 4 is 16.0 Å². The second-order valence-electron chi connectivity index (χ2n) is 5.24. The fourth-order valence-corrected chi connectivity index (χ4v) is 3.72. The second-order valence-corrected chi connectivity index (χ2v) is 7.15. The number of hydrogen-bond acceptors (Lipinski definition) is 4. The van der Waals surface area contributed by atoms with Crippen LogP contribution in [0.2, 0.25) is 0 Å². The van der Waals surface area contributed by atoms with E-state index >= 15 is 0 Å². The summed E-state index contributed by atoms with van der Waals surface area (Å²) in [6.07, 6.45) is 0. The van der Waals surface area contributed by atoms with Crippen LogP contribution in [0.3, 0.4) is 0 Å². The van der Waals surface area contributed by atoms with E-state index in [0.29, 0.717) is 0 Å². The Kier molecular flexibility index (Phi) is 5.74. The number of benzene rings is 1. The van der Waals surface area contributed by atoms with E-state index in [1.807, 2.05) is 13.8 Å². The molecule has 1 N–H and O–H groups in total. The van der Waals surface area contributed by atoms with Gasteiger partial charge in [0.25, 0.3) is 0 Å². The highest BCUT2D eigenvalue weighted by Gasteiger charge is 2.30. The summed E-state index contributed by atoms with van der Waals surface area (Å²) < 4.78 is 31.5. The van der Waals surface area contributed by atoms with Crippen LogP contribution in [0.25, 0.3) is 0 Å². The number of aliphatic carboxylic acids is 1. The number of carbonyl (C=O) groups is 1. The Bertz CT molecular complexity index is 610. The highest BCUT2D eigenvalue weighted by molar-refractivity contribution is 7.89. The normalized spacial score (nSPS) is 11.9. The average Bonchev–Trinajstić information content (AvgIpc) is 2.36. The van der Waals surface area contributed by atoms with Crippen molar-refractivity contribution < 1.29 is 23.1 Å². The van der Waals surface area contributed by atoms with E-state index < -0.39 is 22.5 Å². The number of methoxy groups -OCH3 is 1. The van der Waals surface area contributed by atoms with Gasteiger partial charge < -0.3 is 9.84 Å². The Labute approximate surface area is 125 Å². The fraction of sp³-hybridized carbons (Fsp3) is 0.500. The fourth-order valence-electron chi connectivity index (χ4n) is 1.93. The highest BCUT2D eigenvalue weighted by atomic mass is 32.2. The van der Waals surface area contributed by atoms with Crippen LogP contribution in [0.1, 0.15) is 19.4 Å². The zero-order valence-corrected chi connectivity index (χ0v) is 13.5. The van der Waals surface area contributed by atoms with Crippen LogP contribution in [0.4, 0.5) is 0 Å². The van der Waals surface area contributed by atoms with Crippen molar-refractivity contribution in [2.24, 2.45) is 5.92 Å². The van der Waals surface area contributed by atoms with Gasteiger partial charge in [-0.25, -0.2) is 8.42 Å². The van der Waals surface area contributed by atoms with Crippen molar-refractivity contribution in [1.82, 2.24) is 4.31 Å². The minimum Gasteiger partial charge on any atom is -0.495 e. The number of aryl methyl sites for hydroxylation is 1. The molecule has 0 saturated carbocycles. The zero-order chi connectivity index (χ0) is 16.2. The van der Waals surface area contributed by atoms with Gasteiger partial charge in [0.05, 0.1) is 7.11 Å². The molecule has 118 valence electrons. The lowest BCUT2D eigenvalue weighted by atomic mass is 10.2. The number of nitrogens with zero attached hydrogens (tertiary/aromatic N) is 1. The number of sulfonamides is 1. The number of ether oxygens (including phenoxy) is 1. The van der Waals surface area contributed by atoms with Gasteiger partial charge in [-0.1, -0.05) is 19.9 Å². The summed E-state index contributed by atoms with van der Waals surface area (Å²) in [6, 6.07) is 4.79. The molecule has 0 atom stereocenters. The largest absolute Gasteiger partial charge is 0.495 e. The maximum atomic E-state index is 12.7. The molecular formula is C14H21NO5S. The van der Waals surface area contributed by atoms with Crippen LogP contribution >= 0.6 is 0 Å². The van der Waals surface area contributed by atoms with Crippen molar-refractivity contribution in [3.63, 3.8) is 0 Å². The van der Waals surface area contributed by atoms with E-state index in [9.17, 15) is 13.2 Å². The summed E-state index contributed by atoms with van der Waals surface area (Å²) in [5.41, 5.74) is 0.759. The van der Waals surface area contributed by atoms with Gasteiger partial charge >= 0.3 is 5.97 Å². The van der Waals surface area contributed by atoms with Crippen molar-refractivity contribution in [2.75, 3.05) is 20.2 Å². The molecule has 0 aromatic heterocycles. The third-order valence-corrected chi connectivity index (χ3v) is 4.65. The molecule has 1 rings (SSSR count). The molecule has 21 heavy (non-hydrogen) atoms. The van der Waals surface area contributed by atoms with Crippen LogP contribution in [-0.4, -0.2) is 44.0 Å². The first-order valence-corrected chi connectivity index (χ1v) is 7.99. The third kappa shape index (κ3) is 4.44. The Morgan fingerprint density at radius 3 is 2.48 bits per heavy atom. The molecule has 6 nitrogen and oxygen atoms in total. The molecule has 1 aromatic rings. The van der Waals surface area contributed by atoms with Crippen LogP contribution < -0.4 is 4.74 Å². The molecule has 0 unspecified atom stereocenters. The molecular weight excluding hydrogens is 294 g/mol. The monoisotopic (exact) mass is 315 g/mol. The van der Waals surface area contributed by atoms with Gasteiger partial charge in [0, 0.05) is 6.54 Å². The van der Waals surface area contributed by atoms with Gasteiger partial charge in [-0.3, -0.25) is 4.79 Å². The SMILES string of the molecule is COc1ccc(C)cc1S(=O)(=O)N(CC(=O)O)CC(C)C. The maximum Gasteiger partial charge on any atom is 0.318 e. The summed E-state index contributed by atoms with van der Waals surface area (Å²) in [5.74, 6) is -0.972. The van der Waals surface area contributed by atoms with E-state index in [0.717, 1.165) is 9.87 Å². The summed E-state index contributed by atoms with van der Waals surface area (Å²) in [5, 5.41) is 8.95. The lowest BCUT2D eigenvalue weighted by Gasteiger charge is -2.23. The van der Waals surface area contributed by atoms with Crippen LogP contribution in [0.15, 0.2) is 23.1 Å². The molecule has 0 aliphatic heterocycles. The van der Waals surface area contributed by atoms with Crippen LogP contribution in [0, 0.1) is 12.8 Å². The molecule has 1 aromatic carbocycles. The molecule has 0 heterocycles. The molecule has 0 radical (unpaired) electrons. The van der Waals surface area contributed by atoms with E-state index in [4.69, 9.17) is 9.84 Å². The smallest absolute Gasteiger partial charge is 0.318 e. The molecule has 0 aliphatic carbocycles. The number of carboxylic acid groups (broad SMARTS) is 1. The van der Waals surface area contributed by atoms with Crippen LogP contribution in [0.5, 0.6) is 5.75 Å². The zero-order valence-electron chi connectivity index (χ0n) is 12.7. The van der Waals surface area contributed by atoms with Gasteiger partial charge in [0.1, 0.15) is 17.2 Å². The summed E-state index contributed by atoms with van der Waals surface area (Å²) in [7, 11) is -2.55. The number of hydrogen-bond donors (Lipinski definition) is 1. The Balaban J connectivity index is 3.34. The van der Waals surface area contributed by atoms with Crippen molar-refractivity contribution in [1.29, 1.82) is 0 Å². The first-order valence-electron chi connectivity index (χ1n) is 6.55. The van der Waals surface area contributed by atoms with E-state index in [1.165, 1.54) is 13.2 Å². The molecule has 0 saturated heterocycles. The first kappa shape index (κ1) is 17.5. The molecule has 0 aliphatic rings. The average molecular weight is 315 g/mol. The topological polar surface area (TPSA) is 83.9 Å². The predicted octanol–water partition coefficient (Wildman–Crippen LogP) is 1.73. The second kappa shape index (κ2) is 6.91. The first-order chi connectivity index (χ1) is 9.68. The Morgan fingerprint density at radius 2 is 2.00 bits per heavy atom. The quantitative estimate of drug-likeness (QED) is 0.828. The summed E-state index contributed by atoms with van der Waals surface area (Å²) >= 11 is 0. The lowest BCUT2D eigenvalue weighted by Crippen LogP contribution is -2.38. The lowest BCUT2D eigenvalue weighted by molar-refractivity contribution is -0.137. The van der Waals surface area contributed by atoms with Gasteiger partial charge in [-0.05, 0) is 30.5 Å². The number of rotatable bonds is 7. The molecule has 0 fully saturated rings. The van der Waals surface area contributed by atoms with Gasteiger partial charge in [0.15, 0.2) is 0 Å².